The minimum Gasteiger partial charge on any atom is -0.497 e. The van der Waals surface area contributed by atoms with Crippen LogP contribution in [0.5, 0.6) is 5.75 Å². The Bertz CT molecular complexity index is 4470. The SMILES string of the molecule is COc1ccc(C[C@H](NC(=O)[C@@H](NC(=O)[C@H](CCC(N)=O)NC(=O)[C@H](Cc2c[nH]c3ccccc23)NC(=O)[C@@H](NC(=O)[C@H](CCC(N)=O)NC(=O)[C@@H](NC(C)=O)C(C)(C)S)[C@@H](C)O)C(C)(C)S)C(=O)N[C@@H](Cc2ccc3ccccc3c2)C(=O)N[C@@](C)(CCCCN)C(=O)N[C@@H](CCC(=O)O)C(=O)N[C@@H](CC(N)=O)C(=O)NCC(N)=O)cc1. The number of hydrogen-bond donors (Lipinski definition) is 22. The van der Waals surface area contributed by atoms with E-state index in [1.165, 1.54) is 47.9 Å². The van der Waals surface area contributed by atoms with Crippen LogP contribution in [0.1, 0.15) is 129 Å². The zero-order valence-electron chi connectivity index (χ0n) is 66.7. The van der Waals surface area contributed by atoms with Crippen LogP contribution in [0, 0.1) is 0 Å². The van der Waals surface area contributed by atoms with Crippen LogP contribution in [0.4, 0.5) is 0 Å². The van der Waals surface area contributed by atoms with Gasteiger partial charge in [-0.05, 0) is 132 Å². The number of rotatable bonds is 49. The van der Waals surface area contributed by atoms with Crippen LogP contribution in [0.25, 0.3) is 21.7 Å². The number of aromatic nitrogens is 1. The highest BCUT2D eigenvalue weighted by Crippen LogP contribution is 2.25. The van der Waals surface area contributed by atoms with Gasteiger partial charge in [-0.3, -0.25) is 81.5 Å². The number of carboxylic acid groups (broad SMARTS) is 1. The molecule has 0 spiro atoms. The summed E-state index contributed by atoms with van der Waals surface area (Å²) in [5.74, 6) is -17.6. The highest BCUT2D eigenvalue weighted by molar-refractivity contribution is 7.82. The zero-order valence-corrected chi connectivity index (χ0v) is 68.5. The molecule has 0 aliphatic heterocycles. The fourth-order valence-corrected chi connectivity index (χ4v) is 12.8. The van der Waals surface area contributed by atoms with Crippen LogP contribution in [0.3, 0.4) is 0 Å². The third-order valence-corrected chi connectivity index (χ3v) is 19.4. The molecule has 0 aliphatic carbocycles. The van der Waals surface area contributed by atoms with Crippen molar-refractivity contribution in [3.05, 3.63) is 114 Å². The fraction of sp³-hybridized carbons (Fsp3) is 0.474. The maximum atomic E-state index is 15.5. The van der Waals surface area contributed by atoms with Crippen molar-refractivity contribution < 1.29 is 96.5 Å². The number of H-pyrrole nitrogens is 1. The molecule has 38 nitrogen and oxygen atoms in total. The van der Waals surface area contributed by atoms with Gasteiger partial charge in [0, 0.05) is 72.0 Å². The summed E-state index contributed by atoms with van der Waals surface area (Å²) in [6.45, 7) is 8.77. The van der Waals surface area contributed by atoms with Crippen LogP contribution in [-0.4, -0.2) is 217 Å². The summed E-state index contributed by atoms with van der Waals surface area (Å²) in [6, 6.07) is 8.27. The predicted octanol–water partition coefficient (Wildman–Crippen LogP) is -3.10. The van der Waals surface area contributed by atoms with Gasteiger partial charge in [0.05, 0.1) is 26.2 Å². The van der Waals surface area contributed by atoms with Gasteiger partial charge < -0.3 is 112 Å². The van der Waals surface area contributed by atoms with Crippen LogP contribution in [0.15, 0.2) is 97.2 Å². The molecule has 0 radical (unpaired) electrons. The average Bonchev–Trinajstić information content (AvgIpc) is 1.54. The van der Waals surface area contributed by atoms with Crippen molar-refractivity contribution in [2.24, 2.45) is 28.7 Å². The first-order valence-corrected chi connectivity index (χ1v) is 38.7. The van der Waals surface area contributed by atoms with Crippen molar-refractivity contribution >= 4 is 147 Å². The number of carbonyl (C=O) groups is 17. The van der Waals surface area contributed by atoms with Crippen molar-refractivity contribution in [2.75, 3.05) is 20.2 Å². The Morgan fingerprint density at radius 3 is 1.52 bits per heavy atom. The van der Waals surface area contributed by atoms with Gasteiger partial charge in [-0.1, -0.05) is 72.8 Å². The lowest BCUT2D eigenvalue weighted by Crippen LogP contribution is -2.65. The maximum Gasteiger partial charge on any atom is 0.303 e. The van der Waals surface area contributed by atoms with Gasteiger partial charge >= 0.3 is 5.97 Å². The van der Waals surface area contributed by atoms with E-state index in [1.807, 2.05) is 6.07 Å². The quantitative estimate of drug-likeness (QED) is 0.0135. The highest BCUT2D eigenvalue weighted by Gasteiger charge is 2.44. The van der Waals surface area contributed by atoms with Crippen molar-refractivity contribution in [1.29, 1.82) is 0 Å². The number of aliphatic carboxylic acids is 1. The van der Waals surface area contributed by atoms with Crippen molar-refractivity contribution in [3.8, 4) is 5.75 Å². The largest absolute Gasteiger partial charge is 0.497 e. The molecule has 642 valence electrons. The second-order valence-corrected chi connectivity index (χ2v) is 32.2. The number of carboxylic acids is 1. The van der Waals surface area contributed by atoms with E-state index in [4.69, 9.17) is 46.0 Å². The number of nitrogens with one attached hydrogen (secondary N) is 13. The number of aromatic amines is 1. The summed E-state index contributed by atoms with van der Waals surface area (Å²) in [5.41, 5.74) is 27.3. The van der Waals surface area contributed by atoms with Gasteiger partial charge in [-0.2, -0.15) is 25.3 Å². The van der Waals surface area contributed by atoms with Crippen molar-refractivity contribution in [1.82, 2.24) is 68.8 Å². The van der Waals surface area contributed by atoms with Gasteiger partial charge in [-0.15, -0.1) is 0 Å². The molecule has 1 aromatic heterocycles. The Hall–Kier alpha value is -11.9. The van der Waals surface area contributed by atoms with E-state index in [0.717, 1.165) is 19.2 Å². The molecule has 1 heterocycles. The van der Waals surface area contributed by atoms with E-state index in [2.05, 4.69) is 81.4 Å². The first-order valence-electron chi connectivity index (χ1n) is 37.8. The Balaban J connectivity index is 1.55. The van der Waals surface area contributed by atoms with Crippen LogP contribution >= 0.6 is 25.3 Å². The Morgan fingerprint density at radius 2 is 0.966 bits per heavy atom. The molecule has 0 saturated heterocycles. The molecular weight excluding hydrogens is 1570 g/mol. The van der Waals surface area contributed by atoms with Crippen LogP contribution in [0.2, 0.25) is 0 Å². The van der Waals surface area contributed by atoms with E-state index >= 15 is 24.0 Å². The minimum atomic E-state index is -2.07. The Morgan fingerprint density at radius 1 is 0.492 bits per heavy atom. The summed E-state index contributed by atoms with van der Waals surface area (Å²) in [5, 5.41) is 53.0. The number of benzene rings is 4. The molecule has 40 heteroatoms. The van der Waals surface area contributed by atoms with Crippen molar-refractivity contribution in [3.63, 3.8) is 0 Å². The van der Waals surface area contributed by atoms with Gasteiger partial charge in [0.1, 0.15) is 71.7 Å². The zero-order chi connectivity index (χ0) is 88.1. The normalized spacial score (nSPS) is 14.7. The monoisotopic (exact) mass is 1680 g/mol. The number of unbranched alkanes of at least 4 members (excludes halogenated alkanes) is 1. The second kappa shape index (κ2) is 45.0. The lowest BCUT2D eigenvalue weighted by molar-refractivity contribution is -0.140. The van der Waals surface area contributed by atoms with Gasteiger partial charge in [-0.25, -0.2) is 0 Å². The number of fused-ring (bicyclic) bond motifs is 2. The first kappa shape index (κ1) is 96.7. The standard InChI is InChI=1S/C78H108N18O20S2/c1-40(97)62(94-67(107)50(25-28-57(80)99)88-73(113)63(76(3,4)117)86-41(2)98)72(112)91-55(36-46-38-84-49-18-12-11-17-48(46)49)70(110)87-51(26-29-58(81)100)68(108)95-64(77(5,6)118)74(114)92-53(34-42-20-23-47(116-8)24-21-42)69(109)89-54(35-43-19-22-44-15-9-10-16-45(44)33-43)71(111)96-78(7,31-13-14-32-79)75(115)93-52(27-30-61(103)104)66(106)90-56(37-59(82)101)65(105)85-39-60(83)102/h9-12,15-24,33,38,40,50-56,62-64,84,97,117-118H,13-14,25-32,34-37,39,79H2,1-8H3,(H2,80,99)(H2,81,100)(H2,82,101)(H2,83,102)(H,85,105)(H,86,98)(H,87,110)(H,88,113)(H,89,109)(H,90,106)(H,91,112)(H,92,114)(H,93,115)(H,94,107)(H,95,108)(H,96,111)(H,103,104)/t40-,50+,51+,52+,53+,54+,55+,56+,62+,63-,64-,78+/m1/s1. The van der Waals surface area contributed by atoms with E-state index in [9.17, 15) is 67.7 Å². The Labute approximate surface area is 691 Å². The van der Waals surface area contributed by atoms with Crippen molar-refractivity contribution in [2.45, 2.75) is 213 Å². The number of para-hydroxylation sites is 1. The van der Waals surface area contributed by atoms with Crippen LogP contribution in [-0.2, 0) is 101 Å². The number of hydrogen-bond acceptors (Lipinski definition) is 22. The minimum absolute atomic E-state index is 0.101. The summed E-state index contributed by atoms with van der Waals surface area (Å²) in [4.78, 5) is 237. The molecule has 0 fully saturated rings. The third-order valence-electron chi connectivity index (χ3n) is 18.9. The lowest BCUT2D eigenvalue weighted by Gasteiger charge is -2.34. The predicted molar refractivity (Wildman–Crippen MR) is 438 cm³/mol. The number of aliphatic hydroxyl groups is 1. The molecule has 0 aliphatic rings. The van der Waals surface area contributed by atoms with Crippen LogP contribution < -0.4 is 97.2 Å². The summed E-state index contributed by atoms with van der Waals surface area (Å²) < 4.78 is 2.54. The smallest absolute Gasteiger partial charge is 0.303 e. The maximum absolute atomic E-state index is 15.5. The molecule has 16 amide bonds. The Kier molecular flexibility index (Phi) is 36.9. The number of thiol groups is 2. The summed E-state index contributed by atoms with van der Waals surface area (Å²) in [7, 11) is 1.41. The van der Waals surface area contributed by atoms with E-state index in [-0.39, 0.29) is 45.1 Å². The molecule has 0 saturated carbocycles. The molecule has 118 heavy (non-hydrogen) atoms. The molecule has 12 atom stereocenters. The molecule has 5 rings (SSSR count). The average molecular weight is 1680 g/mol. The number of carbonyl (C=O) groups excluding carboxylic acids is 16. The molecule has 4 aromatic carbocycles. The van der Waals surface area contributed by atoms with E-state index in [0.29, 0.717) is 38.7 Å². The number of primary amides is 4. The fourth-order valence-electron chi connectivity index (χ4n) is 12.5. The van der Waals surface area contributed by atoms with Gasteiger partial charge in [0.2, 0.25) is 94.5 Å². The van der Waals surface area contributed by atoms with E-state index < -0.39 is 234 Å². The first-order chi connectivity index (χ1) is 55.3. The summed E-state index contributed by atoms with van der Waals surface area (Å²) >= 11 is 9.16. The number of methoxy groups -OCH3 is 1. The lowest BCUT2D eigenvalue weighted by atomic mass is 9.91. The van der Waals surface area contributed by atoms with Gasteiger partial charge in [0.15, 0.2) is 0 Å². The third kappa shape index (κ3) is 30.9. The topological polar surface area (TPSA) is 630 Å². The van der Waals surface area contributed by atoms with Gasteiger partial charge in [0.25, 0.3) is 0 Å². The molecular formula is C78H108N18O20S2. The molecule has 0 unspecified atom stereocenters. The van der Waals surface area contributed by atoms with E-state index in [1.54, 1.807) is 84.9 Å². The number of ether oxygens (including phenoxy) is 1. The molecule has 25 N–H and O–H groups in total. The summed E-state index contributed by atoms with van der Waals surface area (Å²) in [6.07, 6.45) is -5.34. The number of amides is 16. The molecule has 0 bridgehead atoms. The number of nitrogens with two attached hydrogens (primary N) is 5. The number of aliphatic hydroxyl groups excluding tert-OH is 1. The molecule has 5 aromatic rings. The highest BCUT2D eigenvalue weighted by atomic mass is 32.1. The second-order valence-electron chi connectivity index (χ2n) is 29.9.